The van der Waals surface area contributed by atoms with Crippen LogP contribution in [0.5, 0.6) is 0 Å². The molecular weight excluding hydrogens is 148 g/mol. The summed E-state index contributed by atoms with van der Waals surface area (Å²) >= 11 is 0. The molecule has 0 aromatic carbocycles. The van der Waals surface area contributed by atoms with E-state index < -0.39 is 0 Å². The van der Waals surface area contributed by atoms with Crippen molar-refractivity contribution in [1.29, 1.82) is 0 Å². The molecule has 2 bridgehead atoms. The SMILES string of the molecule is CC(O)C1CC2CCCC(C2)C1. The summed E-state index contributed by atoms with van der Waals surface area (Å²) < 4.78 is 0. The standard InChI is InChI=1S/C11H20O/c1-8(12)11-6-9-3-2-4-10(5-9)7-11/h8-12H,2-7H2,1H3. The molecule has 0 spiro atoms. The van der Waals surface area contributed by atoms with Gasteiger partial charge in [0.2, 0.25) is 0 Å². The average Bonchev–Trinajstić information content (AvgIpc) is 2.03. The second-order valence-corrected chi connectivity index (χ2v) is 4.87. The first-order chi connectivity index (χ1) is 5.75. The van der Waals surface area contributed by atoms with E-state index in [2.05, 4.69) is 0 Å². The van der Waals surface area contributed by atoms with Crippen molar-refractivity contribution < 1.29 is 5.11 Å². The molecule has 1 N–H and O–H groups in total. The van der Waals surface area contributed by atoms with Gasteiger partial charge in [0.15, 0.2) is 0 Å². The van der Waals surface area contributed by atoms with Crippen molar-refractivity contribution in [2.24, 2.45) is 17.8 Å². The van der Waals surface area contributed by atoms with Crippen molar-refractivity contribution >= 4 is 0 Å². The Hall–Kier alpha value is -0.0400. The first-order valence-corrected chi connectivity index (χ1v) is 5.43. The molecule has 2 aliphatic rings. The van der Waals surface area contributed by atoms with Gasteiger partial charge in [0, 0.05) is 0 Å². The molecule has 3 atom stereocenters. The van der Waals surface area contributed by atoms with Crippen molar-refractivity contribution in [1.82, 2.24) is 0 Å². The Morgan fingerprint density at radius 2 is 1.67 bits per heavy atom. The molecule has 0 radical (unpaired) electrons. The molecule has 1 nitrogen and oxygen atoms in total. The fourth-order valence-corrected chi connectivity index (χ4v) is 3.18. The van der Waals surface area contributed by atoms with Gasteiger partial charge in [0.1, 0.15) is 0 Å². The largest absolute Gasteiger partial charge is 0.393 e. The minimum absolute atomic E-state index is 0.0617. The van der Waals surface area contributed by atoms with Gasteiger partial charge in [0.05, 0.1) is 6.10 Å². The van der Waals surface area contributed by atoms with Crippen molar-refractivity contribution in [2.45, 2.75) is 51.6 Å². The summed E-state index contributed by atoms with van der Waals surface area (Å²) in [7, 11) is 0. The van der Waals surface area contributed by atoms with E-state index in [9.17, 15) is 5.11 Å². The third-order valence-corrected chi connectivity index (χ3v) is 3.85. The van der Waals surface area contributed by atoms with E-state index in [1.165, 1.54) is 38.5 Å². The highest BCUT2D eigenvalue weighted by Crippen LogP contribution is 2.43. The van der Waals surface area contributed by atoms with Crippen molar-refractivity contribution in [3.63, 3.8) is 0 Å². The summed E-state index contributed by atoms with van der Waals surface area (Å²) in [5, 5.41) is 9.53. The van der Waals surface area contributed by atoms with Crippen molar-refractivity contribution in [2.75, 3.05) is 0 Å². The molecule has 0 saturated heterocycles. The van der Waals surface area contributed by atoms with E-state index >= 15 is 0 Å². The second kappa shape index (κ2) is 3.37. The third kappa shape index (κ3) is 1.66. The van der Waals surface area contributed by atoms with E-state index in [0.717, 1.165) is 11.8 Å². The highest BCUT2D eigenvalue weighted by Gasteiger charge is 2.33. The first kappa shape index (κ1) is 8.55. The smallest absolute Gasteiger partial charge is 0.0540 e. The molecule has 2 rings (SSSR count). The zero-order chi connectivity index (χ0) is 8.55. The molecule has 12 heavy (non-hydrogen) atoms. The minimum atomic E-state index is -0.0617. The number of hydrogen-bond donors (Lipinski definition) is 1. The highest BCUT2D eigenvalue weighted by atomic mass is 16.3. The molecule has 70 valence electrons. The molecule has 2 aliphatic carbocycles. The van der Waals surface area contributed by atoms with Crippen LogP contribution in [0.3, 0.4) is 0 Å². The summed E-state index contributed by atoms with van der Waals surface area (Å²) in [5.74, 6) is 2.53. The zero-order valence-electron chi connectivity index (χ0n) is 8.00. The maximum absolute atomic E-state index is 9.53. The van der Waals surface area contributed by atoms with E-state index in [1.54, 1.807) is 0 Å². The number of aliphatic hydroxyl groups is 1. The number of fused-ring (bicyclic) bond motifs is 2. The monoisotopic (exact) mass is 168 g/mol. The fourth-order valence-electron chi connectivity index (χ4n) is 3.18. The van der Waals surface area contributed by atoms with Crippen LogP contribution in [0, 0.1) is 17.8 Å². The lowest BCUT2D eigenvalue weighted by molar-refractivity contribution is 0.0428. The topological polar surface area (TPSA) is 20.2 Å². The molecular formula is C11H20O. The Bertz CT molecular complexity index is 141. The molecule has 0 aromatic rings. The Kier molecular flexibility index (Phi) is 2.40. The number of rotatable bonds is 1. The van der Waals surface area contributed by atoms with Crippen LogP contribution in [0.4, 0.5) is 0 Å². The predicted molar refractivity (Wildman–Crippen MR) is 49.9 cm³/mol. The van der Waals surface area contributed by atoms with Crippen molar-refractivity contribution in [3.8, 4) is 0 Å². The fraction of sp³-hybridized carbons (Fsp3) is 1.00. The maximum atomic E-state index is 9.53. The Morgan fingerprint density at radius 3 is 2.17 bits per heavy atom. The van der Waals surface area contributed by atoms with Gasteiger partial charge in [-0.05, 0) is 43.9 Å². The first-order valence-electron chi connectivity index (χ1n) is 5.43. The van der Waals surface area contributed by atoms with Crippen LogP contribution in [-0.2, 0) is 0 Å². The van der Waals surface area contributed by atoms with Crippen LogP contribution in [0.1, 0.15) is 45.4 Å². The van der Waals surface area contributed by atoms with Crippen LogP contribution >= 0.6 is 0 Å². The lowest BCUT2D eigenvalue weighted by atomic mass is 9.67. The molecule has 0 heterocycles. The van der Waals surface area contributed by atoms with Crippen LogP contribution in [-0.4, -0.2) is 11.2 Å². The second-order valence-electron chi connectivity index (χ2n) is 4.87. The third-order valence-electron chi connectivity index (χ3n) is 3.85. The number of aliphatic hydroxyl groups excluding tert-OH is 1. The van der Waals surface area contributed by atoms with E-state index in [0.29, 0.717) is 5.92 Å². The van der Waals surface area contributed by atoms with Gasteiger partial charge >= 0.3 is 0 Å². The minimum Gasteiger partial charge on any atom is -0.393 e. The molecule has 1 heteroatoms. The zero-order valence-corrected chi connectivity index (χ0v) is 8.00. The lowest BCUT2D eigenvalue weighted by Gasteiger charge is -2.40. The summed E-state index contributed by atoms with van der Waals surface area (Å²) in [4.78, 5) is 0. The molecule has 0 aromatic heterocycles. The van der Waals surface area contributed by atoms with Gasteiger partial charge in [-0.15, -0.1) is 0 Å². The normalized spacial score (nSPS) is 44.0. The molecule has 3 unspecified atom stereocenters. The Labute approximate surface area is 75.2 Å². The van der Waals surface area contributed by atoms with Crippen LogP contribution in [0.2, 0.25) is 0 Å². The van der Waals surface area contributed by atoms with E-state index in [-0.39, 0.29) is 6.10 Å². The lowest BCUT2D eigenvalue weighted by Crippen LogP contribution is -2.31. The van der Waals surface area contributed by atoms with Gasteiger partial charge in [-0.1, -0.05) is 19.3 Å². The molecule has 2 saturated carbocycles. The molecule has 0 aliphatic heterocycles. The summed E-state index contributed by atoms with van der Waals surface area (Å²) in [6, 6.07) is 0. The average molecular weight is 168 g/mol. The van der Waals surface area contributed by atoms with Gasteiger partial charge < -0.3 is 5.11 Å². The van der Waals surface area contributed by atoms with Crippen LogP contribution in [0.15, 0.2) is 0 Å². The van der Waals surface area contributed by atoms with Crippen LogP contribution < -0.4 is 0 Å². The van der Waals surface area contributed by atoms with Crippen LogP contribution in [0.25, 0.3) is 0 Å². The van der Waals surface area contributed by atoms with E-state index in [4.69, 9.17) is 0 Å². The predicted octanol–water partition coefficient (Wildman–Crippen LogP) is 2.58. The van der Waals surface area contributed by atoms with E-state index in [1.807, 2.05) is 6.92 Å². The molecule has 2 fully saturated rings. The Morgan fingerprint density at radius 1 is 1.08 bits per heavy atom. The van der Waals surface area contributed by atoms with Crippen molar-refractivity contribution in [3.05, 3.63) is 0 Å². The summed E-state index contributed by atoms with van der Waals surface area (Å²) in [6.45, 7) is 1.96. The Balaban J connectivity index is 1.96. The van der Waals surface area contributed by atoms with Gasteiger partial charge in [-0.2, -0.15) is 0 Å². The van der Waals surface area contributed by atoms with Gasteiger partial charge in [0.25, 0.3) is 0 Å². The van der Waals surface area contributed by atoms with Gasteiger partial charge in [-0.25, -0.2) is 0 Å². The number of hydrogen-bond acceptors (Lipinski definition) is 1. The molecule has 0 amide bonds. The van der Waals surface area contributed by atoms with Gasteiger partial charge in [-0.3, -0.25) is 0 Å². The highest BCUT2D eigenvalue weighted by molar-refractivity contribution is 4.84. The quantitative estimate of drug-likeness (QED) is 0.638. The maximum Gasteiger partial charge on any atom is 0.0540 e. The summed E-state index contributed by atoms with van der Waals surface area (Å²) in [5.41, 5.74) is 0. The summed E-state index contributed by atoms with van der Waals surface area (Å²) in [6.07, 6.45) is 8.31.